The molecule has 0 radical (unpaired) electrons. The third-order valence-electron chi connectivity index (χ3n) is 4.55. The van der Waals surface area contributed by atoms with Crippen molar-refractivity contribution >= 4 is 54.7 Å². The van der Waals surface area contributed by atoms with Crippen molar-refractivity contribution in [2.24, 2.45) is 5.92 Å². The van der Waals surface area contributed by atoms with Crippen molar-refractivity contribution < 1.29 is 37.0 Å². The molecule has 0 aliphatic heterocycles. The number of hydrogen-bond donors (Lipinski definition) is 0. The first-order valence-electron chi connectivity index (χ1n) is 9.65. The predicted molar refractivity (Wildman–Crippen MR) is 117 cm³/mol. The van der Waals surface area contributed by atoms with Crippen molar-refractivity contribution in [2.75, 3.05) is 44.6 Å². The molecule has 0 unspecified atom stereocenters. The minimum Gasteiger partial charge on any atom is -0.488 e. The third-order valence-corrected chi connectivity index (χ3v) is 6.37. The molecular weight excluding hydrogens is 516 g/mol. The average molecular weight is 540 g/mol. The van der Waals surface area contributed by atoms with Crippen LogP contribution in [0.15, 0.2) is 17.0 Å². The number of carbonyl (C=O) groups is 3. The van der Waals surface area contributed by atoms with Crippen LogP contribution in [0.4, 0.5) is 0 Å². The molecule has 11 heteroatoms. The highest BCUT2D eigenvalue weighted by molar-refractivity contribution is 9.09. The molecule has 0 amide bonds. The van der Waals surface area contributed by atoms with Gasteiger partial charge in [0.15, 0.2) is 32.9 Å². The molecule has 1 aromatic carbocycles. The monoisotopic (exact) mass is 538 g/mol. The zero-order valence-electron chi connectivity index (χ0n) is 17.0. The Morgan fingerprint density at radius 3 is 2.23 bits per heavy atom. The summed E-state index contributed by atoms with van der Waals surface area (Å²) < 4.78 is 40.4. The van der Waals surface area contributed by atoms with Crippen LogP contribution in [0.3, 0.4) is 0 Å². The summed E-state index contributed by atoms with van der Waals surface area (Å²) in [5.74, 6) is -3.27. The predicted octanol–water partition coefficient (Wildman–Crippen LogP) is 2.67. The van der Waals surface area contributed by atoms with Gasteiger partial charge in [0.1, 0.15) is 17.4 Å². The van der Waals surface area contributed by atoms with Crippen LogP contribution in [0.2, 0.25) is 5.02 Å². The average Bonchev–Trinajstić information content (AvgIpc) is 2.69. The fourth-order valence-electron chi connectivity index (χ4n) is 3.09. The second-order valence-electron chi connectivity index (χ2n) is 6.87. The van der Waals surface area contributed by atoms with Crippen LogP contribution in [-0.2, 0) is 28.9 Å². The number of rotatable bonds is 12. The van der Waals surface area contributed by atoms with E-state index >= 15 is 0 Å². The summed E-state index contributed by atoms with van der Waals surface area (Å²) in [6.07, 6.45) is 1.68. The first-order chi connectivity index (χ1) is 14.7. The molecule has 1 aliphatic rings. The van der Waals surface area contributed by atoms with E-state index in [1.807, 2.05) is 0 Å². The maximum atomic E-state index is 12.9. The summed E-state index contributed by atoms with van der Waals surface area (Å²) in [6.45, 7) is 1.39. The van der Waals surface area contributed by atoms with Gasteiger partial charge in [0, 0.05) is 30.0 Å². The Morgan fingerprint density at radius 2 is 1.65 bits per heavy atom. The molecule has 0 saturated heterocycles. The standard InChI is InChI=1S/C20H24BrClO8S/c1-31(26,27)16-6-5-13(19(25)17-14(23)3-2-4-15(17)24)18(22)20(16)30-12-11-29-10-9-28-8-7-21/h5-6,17H,2-4,7-12H2,1H3. The molecule has 0 bridgehead atoms. The molecule has 1 aliphatic carbocycles. The molecular formula is C20H24BrClO8S. The van der Waals surface area contributed by atoms with E-state index < -0.39 is 33.1 Å². The van der Waals surface area contributed by atoms with Crippen LogP contribution in [0, 0.1) is 5.92 Å². The van der Waals surface area contributed by atoms with E-state index in [1.165, 1.54) is 12.1 Å². The molecule has 0 N–H and O–H groups in total. The summed E-state index contributed by atoms with van der Waals surface area (Å²) in [6, 6.07) is 2.40. The molecule has 172 valence electrons. The summed E-state index contributed by atoms with van der Waals surface area (Å²) in [7, 11) is -3.72. The van der Waals surface area contributed by atoms with Gasteiger partial charge >= 0.3 is 0 Å². The highest BCUT2D eigenvalue weighted by Crippen LogP contribution is 2.37. The Hall–Kier alpha value is -1.33. The van der Waals surface area contributed by atoms with E-state index in [9.17, 15) is 22.8 Å². The number of carbonyl (C=O) groups excluding carboxylic acids is 3. The zero-order chi connectivity index (χ0) is 23.0. The van der Waals surface area contributed by atoms with Gasteiger partial charge in [-0.1, -0.05) is 27.5 Å². The molecule has 31 heavy (non-hydrogen) atoms. The highest BCUT2D eigenvalue weighted by atomic mass is 79.9. The summed E-state index contributed by atoms with van der Waals surface area (Å²) in [4.78, 5) is 37.0. The van der Waals surface area contributed by atoms with Gasteiger partial charge in [0.2, 0.25) is 0 Å². The van der Waals surface area contributed by atoms with Gasteiger partial charge in [-0.05, 0) is 18.6 Å². The van der Waals surface area contributed by atoms with Crippen molar-refractivity contribution in [2.45, 2.75) is 24.2 Å². The van der Waals surface area contributed by atoms with Gasteiger partial charge in [0.25, 0.3) is 0 Å². The maximum absolute atomic E-state index is 12.9. The Bertz CT molecular complexity index is 915. The van der Waals surface area contributed by atoms with Crippen molar-refractivity contribution in [3.8, 4) is 5.75 Å². The lowest BCUT2D eigenvalue weighted by Crippen LogP contribution is -2.35. The summed E-state index contributed by atoms with van der Waals surface area (Å²) in [5.41, 5.74) is -0.123. The maximum Gasteiger partial charge on any atom is 0.182 e. The minimum absolute atomic E-state index is 0.0282. The second-order valence-corrected chi connectivity index (χ2v) is 10.0. The van der Waals surface area contributed by atoms with Crippen molar-refractivity contribution in [3.63, 3.8) is 0 Å². The fourth-order valence-corrected chi connectivity index (χ4v) is 4.50. The topological polar surface area (TPSA) is 113 Å². The molecule has 2 rings (SSSR count). The number of halogens is 2. The number of ether oxygens (including phenoxy) is 3. The number of benzene rings is 1. The van der Waals surface area contributed by atoms with Crippen LogP contribution in [-0.4, -0.2) is 70.4 Å². The van der Waals surface area contributed by atoms with E-state index in [0.717, 1.165) is 11.6 Å². The van der Waals surface area contributed by atoms with E-state index in [2.05, 4.69) is 15.9 Å². The van der Waals surface area contributed by atoms with Gasteiger partial charge in [-0.15, -0.1) is 0 Å². The zero-order valence-corrected chi connectivity index (χ0v) is 20.2. The molecule has 0 spiro atoms. The van der Waals surface area contributed by atoms with Gasteiger partial charge < -0.3 is 14.2 Å². The number of Topliss-reactive ketones (excluding diaryl/α,β-unsaturated/α-hetero) is 3. The normalized spacial score (nSPS) is 15.3. The minimum atomic E-state index is -3.72. The van der Waals surface area contributed by atoms with Gasteiger partial charge in [-0.3, -0.25) is 14.4 Å². The van der Waals surface area contributed by atoms with Crippen LogP contribution < -0.4 is 4.74 Å². The lowest BCUT2D eigenvalue weighted by Gasteiger charge is -2.20. The third kappa shape index (κ3) is 7.08. The van der Waals surface area contributed by atoms with E-state index in [-0.39, 0.29) is 47.3 Å². The van der Waals surface area contributed by atoms with Crippen LogP contribution in [0.1, 0.15) is 29.6 Å². The SMILES string of the molecule is CS(=O)(=O)c1ccc(C(=O)C2C(=O)CCCC2=O)c(Cl)c1OCCOCCOCCBr. The highest BCUT2D eigenvalue weighted by Gasteiger charge is 2.38. The first kappa shape index (κ1) is 25.9. The number of hydrogen-bond acceptors (Lipinski definition) is 8. The lowest BCUT2D eigenvalue weighted by atomic mass is 9.81. The van der Waals surface area contributed by atoms with Gasteiger partial charge in [-0.2, -0.15) is 0 Å². The molecule has 8 nitrogen and oxygen atoms in total. The molecule has 0 heterocycles. The van der Waals surface area contributed by atoms with Crippen molar-refractivity contribution in [3.05, 3.63) is 22.7 Å². The Morgan fingerprint density at radius 1 is 1.06 bits per heavy atom. The quantitative estimate of drug-likeness (QED) is 0.172. The van der Waals surface area contributed by atoms with Crippen molar-refractivity contribution in [1.29, 1.82) is 0 Å². The van der Waals surface area contributed by atoms with Crippen LogP contribution in [0.25, 0.3) is 0 Å². The number of sulfone groups is 1. The Labute approximate surface area is 194 Å². The first-order valence-corrected chi connectivity index (χ1v) is 13.0. The van der Waals surface area contributed by atoms with E-state index in [0.29, 0.717) is 26.2 Å². The summed E-state index contributed by atoms with van der Waals surface area (Å²) >= 11 is 9.57. The fraction of sp³-hybridized carbons (Fsp3) is 0.550. The number of ketones is 3. The lowest BCUT2D eigenvalue weighted by molar-refractivity contribution is -0.133. The number of alkyl halides is 1. The molecule has 1 saturated carbocycles. The Kier molecular flexibility index (Phi) is 10.1. The van der Waals surface area contributed by atoms with Gasteiger partial charge in [0.05, 0.1) is 31.5 Å². The van der Waals surface area contributed by atoms with Crippen LogP contribution in [0.5, 0.6) is 5.75 Å². The second kappa shape index (κ2) is 12.1. The summed E-state index contributed by atoms with van der Waals surface area (Å²) in [5, 5.41) is 0.468. The largest absolute Gasteiger partial charge is 0.488 e. The molecule has 1 fully saturated rings. The van der Waals surface area contributed by atoms with Crippen LogP contribution >= 0.6 is 27.5 Å². The van der Waals surface area contributed by atoms with Crippen molar-refractivity contribution in [1.82, 2.24) is 0 Å². The van der Waals surface area contributed by atoms with Gasteiger partial charge in [-0.25, -0.2) is 8.42 Å². The van der Waals surface area contributed by atoms with E-state index in [1.54, 1.807) is 0 Å². The van der Waals surface area contributed by atoms with E-state index in [4.69, 9.17) is 25.8 Å². The molecule has 1 aromatic rings. The Balaban J connectivity index is 2.18. The smallest absolute Gasteiger partial charge is 0.182 e. The molecule has 0 atom stereocenters. The molecule has 0 aromatic heterocycles.